The molecular weight excluding hydrogens is 250 g/mol. The molecule has 0 saturated carbocycles. The van der Waals surface area contributed by atoms with E-state index in [0.29, 0.717) is 25.0 Å². The quantitative estimate of drug-likeness (QED) is 0.689. The molecule has 1 rings (SSSR count). The molecule has 3 nitrogen and oxygen atoms in total. The topological polar surface area (TPSA) is 46.2 Å². The molecule has 0 aliphatic carbocycles. The summed E-state index contributed by atoms with van der Waals surface area (Å²) < 4.78 is 0. The molecule has 0 radical (unpaired) electrons. The normalized spacial score (nSPS) is 10.3. The van der Waals surface area contributed by atoms with Gasteiger partial charge in [-0.25, -0.2) is 0 Å². The SMILES string of the molecule is CCC(=O)CCCCCc1cccc(NC(=O)CC)c1. The Morgan fingerprint density at radius 1 is 1.05 bits per heavy atom. The van der Waals surface area contributed by atoms with Gasteiger partial charge in [0, 0.05) is 24.9 Å². The molecule has 0 aromatic heterocycles. The van der Waals surface area contributed by atoms with Crippen LogP contribution in [0.3, 0.4) is 0 Å². The molecule has 0 spiro atoms. The molecule has 1 aromatic rings. The van der Waals surface area contributed by atoms with Crippen molar-refractivity contribution in [2.75, 3.05) is 5.32 Å². The maximum Gasteiger partial charge on any atom is 0.224 e. The third kappa shape index (κ3) is 6.50. The van der Waals surface area contributed by atoms with E-state index in [0.717, 1.165) is 31.4 Å². The number of amides is 1. The molecule has 110 valence electrons. The van der Waals surface area contributed by atoms with Crippen LogP contribution in [-0.2, 0) is 16.0 Å². The lowest BCUT2D eigenvalue weighted by molar-refractivity contribution is -0.119. The van der Waals surface area contributed by atoms with Crippen molar-refractivity contribution in [3.05, 3.63) is 29.8 Å². The summed E-state index contributed by atoms with van der Waals surface area (Å²) in [6.07, 6.45) is 6.01. The molecule has 1 N–H and O–H groups in total. The highest BCUT2D eigenvalue weighted by Crippen LogP contribution is 2.14. The van der Waals surface area contributed by atoms with Gasteiger partial charge in [-0.3, -0.25) is 9.59 Å². The van der Waals surface area contributed by atoms with Crippen molar-refractivity contribution in [1.82, 2.24) is 0 Å². The van der Waals surface area contributed by atoms with Gasteiger partial charge < -0.3 is 5.32 Å². The van der Waals surface area contributed by atoms with Crippen molar-refractivity contribution >= 4 is 17.4 Å². The van der Waals surface area contributed by atoms with E-state index >= 15 is 0 Å². The second kappa shape index (κ2) is 9.29. The van der Waals surface area contributed by atoms with Gasteiger partial charge in [-0.15, -0.1) is 0 Å². The van der Waals surface area contributed by atoms with Crippen LogP contribution < -0.4 is 5.32 Å². The first-order chi connectivity index (χ1) is 9.65. The molecule has 20 heavy (non-hydrogen) atoms. The van der Waals surface area contributed by atoms with Gasteiger partial charge in [-0.05, 0) is 37.0 Å². The highest BCUT2D eigenvalue weighted by molar-refractivity contribution is 5.90. The largest absolute Gasteiger partial charge is 0.326 e. The Kier molecular flexibility index (Phi) is 7.63. The molecule has 0 aliphatic heterocycles. The zero-order chi connectivity index (χ0) is 14.8. The number of Topliss-reactive ketones (excluding diaryl/α,β-unsaturated/α-hetero) is 1. The summed E-state index contributed by atoms with van der Waals surface area (Å²) >= 11 is 0. The van der Waals surface area contributed by atoms with Crippen LogP contribution in [0.1, 0.15) is 57.9 Å². The van der Waals surface area contributed by atoms with E-state index < -0.39 is 0 Å². The molecule has 0 saturated heterocycles. The van der Waals surface area contributed by atoms with E-state index in [1.54, 1.807) is 0 Å². The van der Waals surface area contributed by atoms with Crippen LogP contribution in [-0.4, -0.2) is 11.7 Å². The summed E-state index contributed by atoms with van der Waals surface area (Å²) in [5, 5.41) is 2.87. The van der Waals surface area contributed by atoms with Crippen LogP contribution in [0.5, 0.6) is 0 Å². The van der Waals surface area contributed by atoms with Crippen LogP contribution in [0.25, 0.3) is 0 Å². The molecule has 3 heteroatoms. The number of hydrogen-bond donors (Lipinski definition) is 1. The second-order valence-electron chi connectivity index (χ2n) is 5.05. The number of ketones is 1. The van der Waals surface area contributed by atoms with Gasteiger partial charge in [0.1, 0.15) is 5.78 Å². The van der Waals surface area contributed by atoms with Gasteiger partial charge in [-0.1, -0.05) is 32.4 Å². The van der Waals surface area contributed by atoms with Crippen LogP contribution >= 0.6 is 0 Å². The van der Waals surface area contributed by atoms with Crippen molar-refractivity contribution < 1.29 is 9.59 Å². The molecule has 0 atom stereocenters. The maximum absolute atomic E-state index is 11.3. The van der Waals surface area contributed by atoms with Gasteiger partial charge in [0.05, 0.1) is 0 Å². The number of aryl methyl sites for hydroxylation is 1. The lowest BCUT2D eigenvalue weighted by Gasteiger charge is -2.06. The molecule has 0 unspecified atom stereocenters. The molecule has 1 aromatic carbocycles. The number of carbonyl (C=O) groups excluding carboxylic acids is 2. The van der Waals surface area contributed by atoms with Gasteiger partial charge in [-0.2, -0.15) is 0 Å². The first-order valence-corrected chi connectivity index (χ1v) is 7.56. The molecule has 0 aliphatic rings. The fourth-order valence-electron chi connectivity index (χ4n) is 2.06. The van der Waals surface area contributed by atoms with Gasteiger partial charge >= 0.3 is 0 Å². The smallest absolute Gasteiger partial charge is 0.224 e. The van der Waals surface area contributed by atoms with Crippen molar-refractivity contribution in [3.8, 4) is 0 Å². The van der Waals surface area contributed by atoms with E-state index in [1.807, 2.05) is 32.0 Å². The first-order valence-electron chi connectivity index (χ1n) is 7.56. The number of unbranched alkanes of at least 4 members (excludes halogenated alkanes) is 2. The van der Waals surface area contributed by atoms with Crippen molar-refractivity contribution in [3.63, 3.8) is 0 Å². The Balaban J connectivity index is 2.31. The lowest BCUT2D eigenvalue weighted by atomic mass is 10.0. The minimum Gasteiger partial charge on any atom is -0.326 e. The third-order valence-electron chi connectivity index (χ3n) is 3.35. The summed E-state index contributed by atoms with van der Waals surface area (Å²) in [4.78, 5) is 22.5. The number of hydrogen-bond acceptors (Lipinski definition) is 2. The lowest BCUT2D eigenvalue weighted by Crippen LogP contribution is -2.09. The predicted octanol–water partition coefficient (Wildman–Crippen LogP) is 4.12. The van der Waals surface area contributed by atoms with Gasteiger partial charge in [0.2, 0.25) is 5.91 Å². The fraction of sp³-hybridized carbons (Fsp3) is 0.529. The maximum atomic E-state index is 11.3. The van der Waals surface area contributed by atoms with Crippen LogP contribution in [0, 0.1) is 0 Å². The van der Waals surface area contributed by atoms with Crippen molar-refractivity contribution in [2.24, 2.45) is 0 Å². The summed E-state index contributed by atoms with van der Waals surface area (Å²) in [5.74, 6) is 0.398. The predicted molar refractivity (Wildman–Crippen MR) is 82.8 cm³/mol. The van der Waals surface area contributed by atoms with Gasteiger partial charge in [0.15, 0.2) is 0 Å². The summed E-state index contributed by atoms with van der Waals surface area (Å²) in [7, 11) is 0. The van der Waals surface area contributed by atoms with E-state index in [2.05, 4.69) is 11.4 Å². The Hall–Kier alpha value is -1.64. The minimum absolute atomic E-state index is 0.0419. The standard InChI is InChI=1S/C17H25NO2/c1-3-16(19)12-7-5-6-9-14-10-8-11-15(13-14)18-17(20)4-2/h8,10-11,13H,3-7,9,12H2,1-2H3,(H,18,20). The Labute approximate surface area is 121 Å². The van der Waals surface area contributed by atoms with Crippen LogP contribution in [0.4, 0.5) is 5.69 Å². The number of carbonyl (C=O) groups is 2. The van der Waals surface area contributed by atoms with Gasteiger partial charge in [0.25, 0.3) is 0 Å². The molecule has 0 bridgehead atoms. The minimum atomic E-state index is 0.0419. The molecule has 1 amide bonds. The number of benzene rings is 1. The highest BCUT2D eigenvalue weighted by atomic mass is 16.1. The van der Waals surface area contributed by atoms with Crippen molar-refractivity contribution in [1.29, 1.82) is 0 Å². The number of rotatable bonds is 9. The fourth-order valence-corrected chi connectivity index (χ4v) is 2.06. The Morgan fingerprint density at radius 3 is 2.55 bits per heavy atom. The van der Waals surface area contributed by atoms with Crippen LogP contribution in [0.15, 0.2) is 24.3 Å². The first kappa shape index (κ1) is 16.4. The number of nitrogens with one attached hydrogen (secondary N) is 1. The highest BCUT2D eigenvalue weighted by Gasteiger charge is 2.01. The van der Waals surface area contributed by atoms with E-state index in [4.69, 9.17) is 0 Å². The average Bonchev–Trinajstić information content (AvgIpc) is 2.46. The summed E-state index contributed by atoms with van der Waals surface area (Å²) in [6, 6.07) is 8.00. The summed E-state index contributed by atoms with van der Waals surface area (Å²) in [5.41, 5.74) is 2.11. The Morgan fingerprint density at radius 2 is 1.85 bits per heavy atom. The monoisotopic (exact) mass is 275 g/mol. The summed E-state index contributed by atoms with van der Waals surface area (Å²) in [6.45, 7) is 3.76. The zero-order valence-electron chi connectivity index (χ0n) is 12.6. The Bertz CT molecular complexity index is 440. The molecular formula is C17H25NO2. The second-order valence-corrected chi connectivity index (χ2v) is 5.05. The van der Waals surface area contributed by atoms with E-state index in [-0.39, 0.29) is 5.91 Å². The average molecular weight is 275 g/mol. The molecule has 0 heterocycles. The van der Waals surface area contributed by atoms with E-state index in [1.165, 1.54) is 5.56 Å². The van der Waals surface area contributed by atoms with E-state index in [9.17, 15) is 9.59 Å². The zero-order valence-corrected chi connectivity index (χ0v) is 12.6. The van der Waals surface area contributed by atoms with Crippen LogP contribution in [0.2, 0.25) is 0 Å². The molecule has 0 fully saturated rings. The van der Waals surface area contributed by atoms with Crippen molar-refractivity contribution in [2.45, 2.75) is 58.8 Å². The third-order valence-corrected chi connectivity index (χ3v) is 3.35. The number of anilines is 1.